The van der Waals surface area contributed by atoms with E-state index in [0.717, 1.165) is 24.6 Å². The van der Waals surface area contributed by atoms with Crippen molar-refractivity contribution < 1.29 is 32.2 Å². The summed E-state index contributed by atoms with van der Waals surface area (Å²) in [6.45, 7) is 2.03. The summed E-state index contributed by atoms with van der Waals surface area (Å²) in [7, 11) is 0. The van der Waals surface area contributed by atoms with Crippen LogP contribution in [0.2, 0.25) is 0 Å². The fraction of sp³-hybridized carbons (Fsp3) is 0.333. The van der Waals surface area contributed by atoms with Crippen LogP contribution in [0.25, 0.3) is 11.0 Å². The minimum absolute atomic E-state index is 0.150. The van der Waals surface area contributed by atoms with Gasteiger partial charge in [0.15, 0.2) is 11.3 Å². The van der Waals surface area contributed by atoms with Crippen molar-refractivity contribution in [1.29, 1.82) is 0 Å². The van der Waals surface area contributed by atoms with E-state index in [1.165, 1.54) is 0 Å². The second-order valence-electron chi connectivity index (χ2n) is 4.85. The lowest BCUT2D eigenvalue weighted by molar-refractivity contribution is -0.137. The van der Waals surface area contributed by atoms with Gasteiger partial charge in [0.2, 0.25) is 0 Å². The Morgan fingerprint density at radius 2 is 2.00 bits per heavy atom. The Balaban J connectivity index is 2.67. The number of carbonyl (C=O) groups is 1. The second kappa shape index (κ2) is 6.31. The molecule has 1 heterocycles. The van der Waals surface area contributed by atoms with Crippen molar-refractivity contribution in [2.45, 2.75) is 25.9 Å². The van der Waals surface area contributed by atoms with Crippen LogP contribution >= 0.6 is 0 Å². The van der Waals surface area contributed by atoms with Crippen LogP contribution in [0.5, 0.6) is 5.75 Å². The van der Waals surface area contributed by atoms with Crippen LogP contribution in [-0.4, -0.2) is 17.7 Å². The SMILES string of the molecule is CCCCOc1cc(C(F)(F)F)cc2cc(C(=O)O)c(=O)oc12. The standard InChI is InChI=1S/C15H13F3O5/c1-2-3-4-22-11-7-9(15(16,17)18)5-8-6-10(13(19)20)14(21)23-12(8)11/h5-7H,2-4H2,1H3,(H,19,20). The quantitative estimate of drug-likeness (QED) is 0.668. The van der Waals surface area contributed by atoms with Gasteiger partial charge in [0.25, 0.3) is 0 Å². The molecule has 1 N–H and O–H groups in total. The molecule has 0 amide bonds. The van der Waals surface area contributed by atoms with E-state index in [1.807, 2.05) is 6.92 Å². The van der Waals surface area contributed by atoms with Gasteiger partial charge in [-0.25, -0.2) is 9.59 Å². The number of unbranched alkanes of at least 4 members (excludes halogenated alkanes) is 1. The van der Waals surface area contributed by atoms with E-state index in [2.05, 4.69) is 0 Å². The van der Waals surface area contributed by atoms with Gasteiger partial charge in [-0.15, -0.1) is 0 Å². The monoisotopic (exact) mass is 330 g/mol. The van der Waals surface area contributed by atoms with Crippen molar-refractivity contribution in [2.24, 2.45) is 0 Å². The molecule has 23 heavy (non-hydrogen) atoms. The van der Waals surface area contributed by atoms with Crippen LogP contribution in [0.1, 0.15) is 35.7 Å². The third kappa shape index (κ3) is 3.64. The topological polar surface area (TPSA) is 76.7 Å². The zero-order valence-corrected chi connectivity index (χ0v) is 12.1. The Hall–Kier alpha value is -2.51. The number of benzene rings is 1. The maximum atomic E-state index is 13.0. The number of carboxylic acid groups (broad SMARTS) is 1. The van der Waals surface area contributed by atoms with Crippen molar-refractivity contribution >= 4 is 16.9 Å². The number of fused-ring (bicyclic) bond motifs is 1. The molecule has 124 valence electrons. The predicted molar refractivity (Wildman–Crippen MR) is 74.8 cm³/mol. The third-order valence-electron chi connectivity index (χ3n) is 3.11. The lowest BCUT2D eigenvalue weighted by atomic mass is 10.1. The Kier molecular flexibility index (Phi) is 4.63. The molecule has 0 aliphatic carbocycles. The first-order valence-corrected chi connectivity index (χ1v) is 6.79. The molecule has 0 atom stereocenters. The van der Waals surface area contributed by atoms with Gasteiger partial charge in [-0.1, -0.05) is 13.3 Å². The molecule has 0 bridgehead atoms. The van der Waals surface area contributed by atoms with Crippen LogP contribution in [-0.2, 0) is 6.18 Å². The largest absolute Gasteiger partial charge is 0.490 e. The van der Waals surface area contributed by atoms with E-state index in [4.69, 9.17) is 14.3 Å². The molecule has 0 fully saturated rings. The number of carboxylic acids is 1. The van der Waals surface area contributed by atoms with E-state index in [9.17, 15) is 22.8 Å². The molecule has 0 unspecified atom stereocenters. The van der Waals surface area contributed by atoms with Crippen molar-refractivity contribution in [3.63, 3.8) is 0 Å². The molecular weight excluding hydrogens is 317 g/mol. The number of hydrogen-bond acceptors (Lipinski definition) is 4. The van der Waals surface area contributed by atoms with Crippen LogP contribution in [0.4, 0.5) is 13.2 Å². The number of halogens is 3. The average molecular weight is 330 g/mol. The molecule has 0 saturated carbocycles. The summed E-state index contributed by atoms with van der Waals surface area (Å²) >= 11 is 0. The van der Waals surface area contributed by atoms with Crippen molar-refractivity contribution in [3.05, 3.63) is 39.7 Å². The van der Waals surface area contributed by atoms with Gasteiger partial charge < -0.3 is 14.3 Å². The predicted octanol–water partition coefficient (Wildman–Crippen LogP) is 3.69. The van der Waals surface area contributed by atoms with Crippen LogP contribution < -0.4 is 10.4 Å². The first-order chi connectivity index (χ1) is 10.7. The van der Waals surface area contributed by atoms with Gasteiger partial charge in [0.1, 0.15) is 5.56 Å². The van der Waals surface area contributed by atoms with Crippen LogP contribution in [0.15, 0.2) is 27.4 Å². The summed E-state index contributed by atoms with van der Waals surface area (Å²) in [5, 5.41) is 8.72. The fourth-order valence-electron chi connectivity index (χ4n) is 1.95. The van der Waals surface area contributed by atoms with Gasteiger partial charge in [0, 0.05) is 5.39 Å². The summed E-state index contributed by atoms with van der Waals surface area (Å²) < 4.78 is 49.0. The molecule has 0 saturated heterocycles. The van der Waals surface area contributed by atoms with Gasteiger partial charge in [-0.2, -0.15) is 13.2 Å². The smallest absolute Gasteiger partial charge is 0.416 e. The Morgan fingerprint density at radius 1 is 1.30 bits per heavy atom. The van der Waals surface area contributed by atoms with Crippen molar-refractivity contribution in [3.8, 4) is 5.75 Å². The zero-order chi connectivity index (χ0) is 17.2. The molecule has 0 radical (unpaired) electrons. The Bertz CT molecular complexity index is 792. The summed E-state index contributed by atoms with van der Waals surface area (Å²) in [6, 6.07) is 2.31. The van der Waals surface area contributed by atoms with E-state index < -0.39 is 28.9 Å². The van der Waals surface area contributed by atoms with Gasteiger partial charge >= 0.3 is 17.8 Å². The van der Waals surface area contributed by atoms with E-state index in [0.29, 0.717) is 6.42 Å². The second-order valence-corrected chi connectivity index (χ2v) is 4.85. The van der Waals surface area contributed by atoms with Crippen molar-refractivity contribution in [2.75, 3.05) is 6.61 Å². The lowest BCUT2D eigenvalue weighted by Crippen LogP contribution is -2.14. The van der Waals surface area contributed by atoms with E-state index in [1.54, 1.807) is 0 Å². The summed E-state index contributed by atoms with van der Waals surface area (Å²) in [6.07, 6.45) is -3.27. The maximum Gasteiger partial charge on any atom is 0.416 e. The highest BCUT2D eigenvalue weighted by Crippen LogP contribution is 2.36. The third-order valence-corrected chi connectivity index (χ3v) is 3.11. The summed E-state index contributed by atoms with van der Waals surface area (Å²) in [5.41, 5.74) is -3.10. The molecule has 2 rings (SSSR count). The summed E-state index contributed by atoms with van der Waals surface area (Å²) in [4.78, 5) is 22.5. The van der Waals surface area contributed by atoms with Gasteiger partial charge in [-0.3, -0.25) is 0 Å². The number of aromatic carboxylic acids is 1. The molecule has 0 spiro atoms. The molecule has 0 aliphatic rings. The molecule has 1 aromatic heterocycles. The highest BCUT2D eigenvalue weighted by Gasteiger charge is 2.32. The Labute approximate surface area is 128 Å². The number of ether oxygens (including phenoxy) is 1. The first-order valence-electron chi connectivity index (χ1n) is 6.79. The van der Waals surface area contributed by atoms with E-state index >= 15 is 0 Å². The number of hydrogen-bond donors (Lipinski definition) is 1. The minimum atomic E-state index is -4.64. The van der Waals surface area contributed by atoms with Crippen LogP contribution in [0, 0.1) is 0 Å². The number of rotatable bonds is 5. The number of alkyl halides is 3. The van der Waals surface area contributed by atoms with Crippen LogP contribution in [0.3, 0.4) is 0 Å². The fourth-order valence-corrected chi connectivity index (χ4v) is 1.95. The van der Waals surface area contributed by atoms with E-state index in [-0.39, 0.29) is 23.3 Å². The minimum Gasteiger partial charge on any atom is -0.490 e. The molecule has 5 nitrogen and oxygen atoms in total. The molecule has 8 heteroatoms. The van der Waals surface area contributed by atoms with Crippen molar-refractivity contribution in [1.82, 2.24) is 0 Å². The molecule has 0 aliphatic heterocycles. The van der Waals surface area contributed by atoms with Gasteiger partial charge in [0.05, 0.1) is 12.2 Å². The highest BCUT2D eigenvalue weighted by molar-refractivity contribution is 5.93. The summed E-state index contributed by atoms with van der Waals surface area (Å²) in [5.74, 6) is -1.82. The molecule has 1 aromatic carbocycles. The van der Waals surface area contributed by atoms with Gasteiger partial charge in [-0.05, 0) is 24.6 Å². The Morgan fingerprint density at radius 3 is 2.57 bits per heavy atom. The molecule has 2 aromatic rings. The lowest BCUT2D eigenvalue weighted by Gasteiger charge is -2.12. The average Bonchev–Trinajstić information content (AvgIpc) is 2.45. The highest BCUT2D eigenvalue weighted by atomic mass is 19.4. The maximum absolute atomic E-state index is 13.0. The molecular formula is C15H13F3O5. The zero-order valence-electron chi connectivity index (χ0n) is 12.1. The normalized spacial score (nSPS) is 11.7. The first kappa shape index (κ1) is 16.9.